The van der Waals surface area contributed by atoms with Gasteiger partial charge in [0.25, 0.3) is 0 Å². The first kappa shape index (κ1) is 15.2. The molecule has 1 amide bonds. The van der Waals surface area contributed by atoms with Gasteiger partial charge in [-0.2, -0.15) is 0 Å². The largest absolute Gasteiger partial charge is 0.447 e. The van der Waals surface area contributed by atoms with Crippen molar-refractivity contribution in [1.29, 1.82) is 0 Å². The van der Waals surface area contributed by atoms with Gasteiger partial charge in [0, 0.05) is 13.7 Å². The second-order valence-corrected chi connectivity index (χ2v) is 2.88. The first-order chi connectivity index (χ1) is 7.81. The van der Waals surface area contributed by atoms with Gasteiger partial charge in [0.2, 0.25) is 0 Å². The molecule has 0 unspecified atom stereocenters. The monoisotopic (exact) mass is 235 g/mol. The fourth-order valence-electron chi connectivity index (χ4n) is 0.853. The molecule has 0 aromatic rings. The van der Waals surface area contributed by atoms with E-state index in [1.165, 1.54) is 0 Å². The molecule has 0 aromatic carbocycles. The third-order valence-electron chi connectivity index (χ3n) is 1.59. The lowest BCUT2D eigenvalue weighted by atomic mass is 10.7. The zero-order valence-electron chi connectivity index (χ0n) is 9.99. The van der Waals surface area contributed by atoms with Crippen LogP contribution in [0, 0.1) is 0 Å². The first-order valence-electron chi connectivity index (χ1n) is 5.36. The van der Waals surface area contributed by atoms with E-state index < -0.39 is 6.09 Å². The summed E-state index contributed by atoms with van der Waals surface area (Å²) in [7, 11) is 1.62. The van der Waals surface area contributed by atoms with Crippen LogP contribution in [0.4, 0.5) is 4.79 Å². The van der Waals surface area contributed by atoms with Crippen molar-refractivity contribution in [3.63, 3.8) is 0 Å². The zero-order valence-corrected chi connectivity index (χ0v) is 9.99. The molecule has 0 saturated heterocycles. The minimum atomic E-state index is -0.414. The molecule has 6 heteroatoms. The van der Waals surface area contributed by atoms with Crippen molar-refractivity contribution < 1.29 is 23.7 Å². The zero-order chi connectivity index (χ0) is 12.1. The maximum absolute atomic E-state index is 10.8. The Morgan fingerprint density at radius 2 is 1.56 bits per heavy atom. The smallest absolute Gasteiger partial charge is 0.407 e. The molecule has 0 radical (unpaired) electrons. The van der Waals surface area contributed by atoms with E-state index in [1.54, 1.807) is 7.11 Å². The van der Waals surface area contributed by atoms with Crippen LogP contribution in [-0.2, 0) is 18.9 Å². The molecule has 16 heavy (non-hydrogen) atoms. The van der Waals surface area contributed by atoms with Gasteiger partial charge in [-0.3, -0.25) is 0 Å². The van der Waals surface area contributed by atoms with Crippen molar-refractivity contribution in [2.45, 2.75) is 6.92 Å². The van der Waals surface area contributed by atoms with E-state index in [1.807, 2.05) is 6.92 Å². The lowest BCUT2D eigenvalue weighted by Gasteiger charge is -2.06. The Balaban J connectivity index is 3.01. The van der Waals surface area contributed by atoms with Crippen LogP contribution < -0.4 is 5.32 Å². The number of alkyl carbamates (subject to hydrolysis) is 1. The number of carbonyl (C=O) groups is 1. The number of amides is 1. The van der Waals surface area contributed by atoms with Crippen LogP contribution in [-0.4, -0.2) is 59.4 Å². The Bertz CT molecular complexity index is 165. The van der Waals surface area contributed by atoms with Crippen molar-refractivity contribution in [2.24, 2.45) is 0 Å². The highest BCUT2D eigenvalue weighted by Crippen LogP contribution is 1.82. The molecule has 0 aliphatic carbocycles. The summed E-state index contributed by atoms with van der Waals surface area (Å²) in [5.74, 6) is 0. The molecular formula is C10H21NO5. The van der Waals surface area contributed by atoms with Crippen molar-refractivity contribution in [3.8, 4) is 0 Å². The predicted molar refractivity (Wildman–Crippen MR) is 58.5 cm³/mol. The molecule has 0 spiro atoms. The van der Waals surface area contributed by atoms with E-state index in [0.29, 0.717) is 39.6 Å². The Hall–Kier alpha value is -0.850. The van der Waals surface area contributed by atoms with E-state index in [0.717, 1.165) is 0 Å². The number of hydrogen-bond acceptors (Lipinski definition) is 5. The Labute approximate surface area is 96.2 Å². The Morgan fingerprint density at radius 3 is 2.12 bits per heavy atom. The average molecular weight is 235 g/mol. The van der Waals surface area contributed by atoms with Gasteiger partial charge >= 0.3 is 6.09 Å². The maximum Gasteiger partial charge on any atom is 0.407 e. The number of nitrogens with one attached hydrogen (secondary N) is 1. The highest BCUT2D eigenvalue weighted by molar-refractivity contribution is 5.66. The molecule has 0 fully saturated rings. The average Bonchev–Trinajstić information content (AvgIpc) is 2.27. The summed E-state index contributed by atoms with van der Waals surface area (Å²) in [5, 5.41) is 2.52. The summed E-state index contributed by atoms with van der Waals surface area (Å²) < 4.78 is 19.9. The molecule has 0 saturated carbocycles. The molecular weight excluding hydrogens is 214 g/mol. The topological polar surface area (TPSA) is 66.0 Å². The van der Waals surface area contributed by atoms with Gasteiger partial charge in [0.1, 0.15) is 6.61 Å². The third kappa shape index (κ3) is 11.2. The lowest BCUT2D eigenvalue weighted by Crippen LogP contribution is -2.25. The summed E-state index contributed by atoms with van der Waals surface area (Å²) in [5.41, 5.74) is 0. The number of methoxy groups -OCH3 is 1. The van der Waals surface area contributed by atoms with Gasteiger partial charge in [-0.25, -0.2) is 4.79 Å². The Kier molecular flexibility index (Phi) is 11.6. The normalized spacial score (nSPS) is 10.1. The number of rotatable bonds is 10. The Morgan fingerprint density at radius 1 is 1.00 bits per heavy atom. The lowest BCUT2D eigenvalue weighted by molar-refractivity contribution is 0.0131. The number of hydrogen-bond donors (Lipinski definition) is 1. The quantitative estimate of drug-likeness (QED) is 0.556. The summed E-state index contributed by atoms with van der Waals surface area (Å²) in [4.78, 5) is 10.8. The van der Waals surface area contributed by atoms with Gasteiger partial charge in [-0.15, -0.1) is 0 Å². The summed E-state index contributed by atoms with van der Waals surface area (Å²) in [6.45, 7) is 5.18. The maximum atomic E-state index is 10.8. The molecule has 96 valence electrons. The molecule has 0 aromatic heterocycles. The SMILES string of the molecule is CCNC(=O)OCCOCCOCCOC. The van der Waals surface area contributed by atoms with Gasteiger partial charge in [0.15, 0.2) is 0 Å². The number of carbonyl (C=O) groups excluding carboxylic acids is 1. The van der Waals surface area contributed by atoms with Crippen molar-refractivity contribution in [2.75, 3.05) is 53.3 Å². The molecule has 0 aliphatic heterocycles. The predicted octanol–water partition coefficient (Wildman–Crippen LogP) is 0.412. The van der Waals surface area contributed by atoms with Crippen LogP contribution >= 0.6 is 0 Å². The van der Waals surface area contributed by atoms with Crippen LogP contribution in [0.1, 0.15) is 6.92 Å². The van der Waals surface area contributed by atoms with Crippen LogP contribution in [0.5, 0.6) is 0 Å². The number of ether oxygens (including phenoxy) is 4. The van der Waals surface area contributed by atoms with Gasteiger partial charge < -0.3 is 24.3 Å². The summed E-state index contributed by atoms with van der Waals surface area (Å²) in [6, 6.07) is 0. The molecule has 0 bridgehead atoms. The molecule has 0 heterocycles. The van der Waals surface area contributed by atoms with Crippen LogP contribution in [0.25, 0.3) is 0 Å². The van der Waals surface area contributed by atoms with Crippen LogP contribution in [0.3, 0.4) is 0 Å². The summed E-state index contributed by atoms with van der Waals surface area (Å²) >= 11 is 0. The van der Waals surface area contributed by atoms with Gasteiger partial charge in [-0.1, -0.05) is 0 Å². The van der Waals surface area contributed by atoms with E-state index in [4.69, 9.17) is 18.9 Å². The van der Waals surface area contributed by atoms with Gasteiger partial charge in [-0.05, 0) is 6.92 Å². The minimum absolute atomic E-state index is 0.254. The molecule has 1 N–H and O–H groups in total. The second kappa shape index (κ2) is 12.2. The van der Waals surface area contributed by atoms with E-state index in [2.05, 4.69) is 5.32 Å². The molecule has 0 atom stereocenters. The fourth-order valence-corrected chi connectivity index (χ4v) is 0.853. The molecule has 6 nitrogen and oxygen atoms in total. The third-order valence-corrected chi connectivity index (χ3v) is 1.59. The second-order valence-electron chi connectivity index (χ2n) is 2.88. The van der Waals surface area contributed by atoms with Crippen molar-refractivity contribution in [1.82, 2.24) is 5.32 Å². The van der Waals surface area contributed by atoms with Gasteiger partial charge in [0.05, 0.1) is 33.0 Å². The molecule has 0 aliphatic rings. The van der Waals surface area contributed by atoms with Crippen molar-refractivity contribution >= 4 is 6.09 Å². The fraction of sp³-hybridized carbons (Fsp3) is 0.900. The highest BCUT2D eigenvalue weighted by atomic mass is 16.6. The van der Waals surface area contributed by atoms with Crippen LogP contribution in [0.2, 0.25) is 0 Å². The molecule has 0 rings (SSSR count). The highest BCUT2D eigenvalue weighted by Gasteiger charge is 1.98. The van der Waals surface area contributed by atoms with Crippen LogP contribution in [0.15, 0.2) is 0 Å². The standard InChI is InChI=1S/C10H21NO5/c1-3-11-10(12)16-9-8-15-7-6-14-5-4-13-2/h3-9H2,1-2H3,(H,11,12). The van der Waals surface area contributed by atoms with E-state index in [-0.39, 0.29) is 6.61 Å². The minimum Gasteiger partial charge on any atom is -0.447 e. The summed E-state index contributed by atoms with van der Waals surface area (Å²) in [6.07, 6.45) is -0.414. The van der Waals surface area contributed by atoms with Crippen molar-refractivity contribution in [3.05, 3.63) is 0 Å². The van der Waals surface area contributed by atoms with E-state index in [9.17, 15) is 4.79 Å². The first-order valence-corrected chi connectivity index (χ1v) is 5.36. The van der Waals surface area contributed by atoms with E-state index >= 15 is 0 Å².